The van der Waals surface area contributed by atoms with Crippen molar-refractivity contribution in [3.05, 3.63) is 23.8 Å². The minimum absolute atomic E-state index is 0.0387. The van der Waals surface area contributed by atoms with Crippen molar-refractivity contribution in [1.29, 1.82) is 0 Å². The molecule has 0 bridgehead atoms. The number of nitrogens with two attached hydrogens (primary N) is 1. The van der Waals surface area contributed by atoms with Gasteiger partial charge in [-0.05, 0) is 24.6 Å². The van der Waals surface area contributed by atoms with Crippen molar-refractivity contribution in [3.63, 3.8) is 0 Å². The quantitative estimate of drug-likeness (QED) is 0.729. The Balaban J connectivity index is 2.66. The van der Waals surface area contributed by atoms with E-state index in [2.05, 4.69) is 5.32 Å². The molecule has 4 nitrogen and oxygen atoms in total. The van der Waals surface area contributed by atoms with Gasteiger partial charge in [-0.1, -0.05) is 6.07 Å². The fraction of sp³-hybridized carbons (Fsp3) is 0.364. The van der Waals surface area contributed by atoms with Gasteiger partial charge >= 0.3 is 0 Å². The molecule has 1 aromatic rings. The number of nitrogens with one attached hydrogen (secondary N) is 1. The lowest BCUT2D eigenvalue weighted by molar-refractivity contribution is -0.126. The maximum atomic E-state index is 11.3. The van der Waals surface area contributed by atoms with Crippen LogP contribution in [0.2, 0.25) is 0 Å². The van der Waals surface area contributed by atoms with Crippen LogP contribution in [0, 0.1) is 6.92 Å². The molecule has 0 atom stereocenters. The number of likely N-dealkylation sites (N-methyl/N-ethyl adjacent to an activating group) is 1. The van der Waals surface area contributed by atoms with Crippen molar-refractivity contribution in [3.8, 4) is 0 Å². The summed E-state index contributed by atoms with van der Waals surface area (Å²) >= 11 is 0. The molecule has 1 amide bonds. The van der Waals surface area contributed by atoms with Crippen molar-refractivity contribution in [2.45, 2.75) is 6.92 Å². The average molecular weight is 207 g/mol. The fourth-order valence-corrected chi connectivity index (χ4v) is 1.17. The molecule has 0 aliphatic carbocycles. The number of nitrogens with zero attached hydrogens (tertiary/aromatic N) is 1. The number of rotatable bonds is 3. The van der Waals surface area contributed by atoms with Crippen LogP contribution in [0.25, 0.3) is 0 Å². The molecule has 0 radical (unpaired) electrons. The molecule has 82 valence electrons. The van der Waals surface area contributed by atoms with Crippen molar-refractivity contribution < 1.29 is 4.79 Å². The summed E-state index contributed by atoms with van der Waals surface area (Å²) in [5, 5.41) is 3.06. The lowest BCUT2D eigenvalue weighted by atomic mass is 10.1. The second-order valence-electron chi connectivity index (χ2n) is 3.66. The minimum Gasteiger partial charge on any atom is -0.398 e. The number of hydrogen-bond donors (Lipinski definition) is 2. The van der Waals surface area contributed by atoms with E-state index in [1.807, 2.05) is 25.1 Å². The van der Waals surface area contributed by atoms with E-state index in [0.29, 0.717) is 0 Å². The number of anilines is 2. The van der Waals surface area contributed by atoms with E-state index >= 15 is 0 Å². The first kappa shape index (κ1) is 11.4. The Morgan fingerprint density at radius 2 is 2.13 bits per heavy atom. The topological polar surface area (TPSA) is 58.4 Å². The average Bonchev–Trinajstić information content (AvgIpc) is 2.19. The number of hydrogen-bond acceptors (Lipinski definition) is 3. The molecule has 0 aromatic heterocycles. The largest absolute Gasteiger partial charge is 0.398 e. The predicted octanol–water partition coefficient (Wildman–Crippen LogP) is 1.08. The Kier molecular flexibility index (Phi) is 3.55. The van der Waals surface area contributed by atoms with Gasteiger partial charge in [-0.2, -0.15) is 0 Å². The van der Waals surface area contributed by atoms with Crippen LogP contribution in [0.5, 0.6) is 0 Å². The van der Waals surface area contributed by atoms with Crippen LogP contribution < -0.4 is 11.1 Å². The van der Waals surface area contributed by atoms with Crippen molar-refractivity contribution >= 4 is 17.3 Å². The molecule has 4 heteroatoms. The van der Waals surface area contributed by atoms with Crippen LogP contribution in [0.1, 0.15) is 5.56 Å². The monoisotopic (exact) mass is 207 g/mol. The van der Waals surface area contributed by atoms with Gasteiger partial charge in [0.25, 0.3) is 0 Å². The molecule has 0 fully saturated rings. The molecular formula is C11H17N3O. The second-order valence-corrected chi connectivity index (χ2v) is 3.66. The summed E-state index contributed by atoms with van der Waals surface area (Å²) in [5.74, 6) is 0.0387. The molecule has 0 spiro atoms. The Morgan fingerprint density at radius 1 is 1.47 bits per heavy atom. The third-order valence-electron chi connectivity index (χ3n) is 2.30. The van der Waals surface area contributed by atoms with Crippen LogP contribution in [-0.2, 0) is 4.79 Å². The summed E-state index contributed by atoms with van der Waals surface area (Å²) in [6, 6.07) is 5.62. The van der Waals surface area contributed by atoms with Crippen molar-refractivity contribution in [2.24, 2.45) is 0 Å². The first-order valence-electron chi connectivity index (χ1n) is 4.81. The van der Waals surface area contributed by atoms with E-state index in [0.717, 1.165) is 16.9 Å². The molecule has 0 saturated carbocycles. The van der Waals surface area contributed by atoms with E-state index in [1.54, 1.807) is 19.0 Å². The molecule has 0 unspecified atom stereocenters. The molecule has 0 heterocycles. The number of nitrogen functional groups attached to an aromatic ring is 1. The van der Waals surface area contributed by atoms with Crippen LogP contribution >= 0.6 is 0 Å². The Bertz CT molecular complexity index is 361. The summed E-state index contributed by atoms with van der Waals surface area (Å²) in [6.07, 6.45) is 0. The zero-order valence-electron chi connectivity index (χ0n) is 9.37. The van der Waals surface area contributed by atoms with Crippen molar-refractivity contribution in [1.82, 2.24) is 4.90 Å². The zero-order chi connectivity index (χ0) is 11.4. The maximum Gasteiger partial charge on any atom is 0.241 e. The Labute approximate surface area is 90.1 Å². The van der Waals surface area contributed by atoms with Crippen molar-refractivity contribution in [2.75, 3.05) is 31.7 Å². The van der Waals surface area contributed by atoms with Gasteiger partial charge in [-0.25, -0.2) is 0 Å². The second kappa shape index (κ2) is 4.68. The van der Waals surface area contributed by atoms with E-state index in [4.69, 9.17) is 5.73 Å². The summed E-state index contributed by atoms with van der Waals surface area (Å²) in [4.78, 5) is 12.9. The van der Waals surface area contributed by atoms with Crippen LogP contribution in [0.4, 0.5) is 11.4 Å². The highest BCUT2D eigenvalue weighted by atomic mass is 16.2. The highest BCUT2D eigenvalue weighted by molar-refractivity contribution is 5.81. The summed E-state index contributed by atoms with van der Waals surface area (Å²) in [6.45, 7) is 2.22. The van der Waals surface area contributed by atoms with Gasteiger partial charge in [-0.3, -0.25) is 4.79 Å². The molecule has 0 aliphatic heterocycles. The summed E-state index contributed by atoms with van der Waals surface area (Å²) in [5.41, 5.74) is 8.37. The summed E-state index contributed by atoms with van der Waals surface area (Å²) in [7, 11) is 3.46. The highest BCUT2D eigenvalue weighted by Crippen LogP contribution is 2.19. The first-order valence-corrected chi connectivity index (χ1v) is 4.81. The van der Waals surface area contributed by atoms with E-state index < -0.39 is 0 Å². The van der Waals surface area contributed by atoms with Crippen LogP contribution in [0.15, 0.2) is 18.2 Å². The van der Waals surface area contributed by atoms with Gasteiger partial charge < -0.3 is 16.0 Å². The highest BCUT2D eigenvalue weighted by Gasteiger charge is 2.05. The molecule has 3 N–H and O–H groups in total. The van der Waals surface area contributed by atoms with Gasteiger partial charge in [-0.15, -0.1) is 0 Å². The Hall–Kier alpha value is -1.71. The fourth-order valence-electron chi connectivity index (χ4n) is 1.17. The van der Waals surface area contributed by atoms with Gasteiger partial charge in [0.2, 0.25) is 5.91 Å². The Morgan fingerprint density at radius 3 is 2.73 bits per heavy atom. The lowest BCUT2D eigenvalue weighted by Crippen LogP contribution is -2.28. The van der Waals surface area contributed by atoms with Crippen LogP contribution in [0.3, 0.4) is 0 Å². The number of carbonyl (C=O) groups excluding carboxylic acids is 1. The van der Waals surface area contributed by atoms with E-state index in [1.165, 1.54) is 0 Å². The molecule has 15 heavy (non-hydrogen) atoms. The predicted molar refractivity (Wildman–Crippen MR) is 62.8 cm³/mol. The van der Waals surface area contributed by atoms with Crippen LogP contribution in [-0.4, -0.2) is 31.4 Å². The normalized spacial score (nSPS) is 9.80. The maximum absolute atomic E-state index is 11.3. The van der Waals surface area contributed by atoms with Gasteiger partial charge in [0.15, 0.2) is 0 Å². The smallest absolute Gasteiger partial charge is 0.241 e. The third kappa shape index (κ3) is 2.87. The number of amides is 1. The van der Waals surface area contributed by atoms with E-state index in [9.17, 15) is 4.79 Å². The van der Waals surface area contributed by atoms with E-state index in [-0.39, 0.29) is 12.5 Å². The van der Waals surface area contributed by atoms with Gasteiger partial charge in [0, 0.05) is 25.5 Å². The molecule has 0 aliphatic rings. The molecule has 1 rings (SSSR count). The SMILES string of the molecule is Cc1c(N)cccc1NCC(=O)N(C)C. The minimum atomic E-state index is 0.0387. The molecule has 0 saturated heterocycles. The van der Waals surface area contributed by atoms with Gasteiger partial charge in [0.1, 0.15) is 0 Å². The zero-order valence-corrected chi connectivity index (χ0v) is 9.37. The molecular weight excluding hydrogens is 190 g/mol. The third-order valence-corrected chi connectivity index (χ3v) is 2.30. The summed E-state index contributed by atoms with van der Waals surface area (Å²) < 4.78 is 0. The standard InChI is InChI=1S/C11H17N3O/c1-8-9(12)5-4-6-10(8)13-7-11(15)14(2)3/h4-6,13H,7,12H2,1-3H3. The lowest BCUT2D eigenvalue weighted by Gasteiger charge is -2.13. The molecule has 1 aromatic carbocycles. The van der Waals surface area contributed by atoms with Gasteiger partial charge in [0.05, 0.1) is 6.54 Å². The number of carbonyl (C=O) groups is 1. The number of benzene rings is 1. The first-order chi connectivity index (χ1) is 7.02.